The van der Waals surface area contributed by atoms with Gasteiger partial charge in [0.1, 0.15) is 6.23 Å². The van der Waals surface area contributed by atoms with Gasteiger partial charge in [-0.3, -0.25) is 4.90 Å². The van der Waals surface area contributed by atoms with E-state index >= 15 is 0 Å². The lowest BCUT2D eigenvalue weighted by Gasteiger charge is -2.37. The second-order valence-electron chi connectivity index (χ2n) is 5.58. The molecule has 1 rings (SSSR count). The maximum atomic E-state index is 10.0. The predicted molar refractivity (Wildman–Crippen MR) is 59.1 cm³/mol. The number of hydrogen-bond donors (Lipinski definition) is 1. The van der Waals surface area contributed by atoms with Gasteiger partial charge in [-0.15, -0.1) is 0 Å². The molecule has 1 saturated heterocycles. The van der Waals surface area contributed by atoms with Gasteiger partial charge in [0.05, 0.1) is 0 Å². The first-order valence-corrected chi connectivity index (χ1v) is 5.49. The summed E-state index contributed by atoms with van der Waals surface area (Å²) >= 11 is 0. The zero-order valence-electron chi connectivity index (χ0n) is 9.95. The van der Waals surface area contributed by atoms with Crippen molar-refractivity contribution in [1.29, 1.82) is 0 Å². The zero-order chi connectivity index (χ0) is 10.8. The largest absolute Gasteiger partial charge is 0.378 e. The van der Waals surface area contributed by atoms with Crippen LogP contribution in [0.25, 0.3) is 0 Å². The van der Waals surface area contributed by atoms with Gasteiger partial charge in [0.25, 0.3) is 0 Å². The topological polar surface area (TPSA) is 26.7 Å². The highest BCUT2D eigenvalue weighted by Gasteiger charge is 2.24. The van der Waals surface area contributed by atoms with Crippen LogP contribution < -0.4 is 0 Å². The molecule has 0 aromatic rings. The number of aliphatic hydroxyl groups excluding tert-OH is 1. The van der Waals surface area contributed by atoms with Crippen LogP contribution in [0.2, 0.25) is 0 Å². The van der Waals surface area contributed by atoms with Crippen LogP contribution in [0, 0.1) is 5.41 Å². The van der Waals surface area contributed by atoms with Crippen molar-refractivity contribution in [1.82, 2.24) is 9.80 Å². The lowest BCUT2D eigenvalue weighted by atomic mass is 9.91. The van der Waals surface area contributed by atoms with Crippen LogP contribution >= 0.6 is 0 Å². The van der Waals surface area contributed by atoms with Crippen molar-refractivity contribution in [3.8, 4) is 0 Å². The van der Waals surface area contributed by atoms with Gasteiger partial charge in [-0.05, 0) is 18.9 Å². The molecule has 0 radical (unpaired) electrons. The molecular weight excluding hydrogens is 176 g/mol. The molecule has 1 aliphatic heterocycles. The lowest BCUT2D eigenvalue weighted by molar-refractivity contribution is -0.0431. The van der Waals surface area contributed by atoms with Gasteiger partial charge in [0.2, 0.25) is 0 Å². The normalized spacial score (nSPS) is 23.8. The number of piperazine rings is 1. The highest BCUT2D eigenvalue weighted by atomic mass is 16.3. The standard InChI is InChI=1S/C11H24N2O/c1-11(2,3)9-10(14)13-7-5-12(4)6-8-13/h10,14H,5-9H2,1-4H3. The molecular formula is C11H24N2O. The molecule has 1 atom stereocenters. The summed E-state index contributed by atoms with van der Waals surface area (Å²) < 4.78 is 0. The summed E-state index contributed by atoms with van der Waals surface area (Å²) in [6.07, 6.45) is 0.597. The summed E-state index contributed by atoms with van der Waals surface area (Å²) in [6, 6.07) is 0. The fraction of sp³-hybridized carbons (Fsp3) is 1.00. The van der Waals surface area contributed by atoms with Gasteiger partial charge in [-0.1, -0.05) is 20.8 Å². The van der Waals surface area contributed by atoms with Crippen molar-refractivity contribution in [2.75, 3.05) is 33.2 Å². The first-order valence-electron chi connectivity index (χ1n) is 5.49. The van der Waals surface area contributed by atoms with Crippen LogP contribution in [0.15, 0.2) is 0 Å². The summed E-state index contributed by atoms with van der Waals surface area (Å²) in [5.41, 5.74) is 0.211. The maximum Gasteiger partial charge on any atom is 0.107 e. The maximum absolute atomic E-state index is 10.0. The van der Waals surface area contributed by atoms with E-state index in [-0.39, 0.29) is 11.6 Å². The highest BCUT2D eigenvalue weighted by molar-refractivity contribution is 4.75. The summed E-state index contributed by atoms with van der Waals surface area (Å²) in [6.45, 7) is 10.6. The molecule has 1 N–H and O–H groups in total. The van der Waals surface area contributed by atoms with Crippen molar-refractivity contribution in [3.05, 3.63) is 0 Å². The van der Waals surface area contributed by atoms with E-state index in [0.29, 0.717) is 0 Å². The van der Waals surface area contributed by atoms with Crippen LogP contribution in [-0.4, -0.2) is 54.4 Å². The lowest BCUT2D eigenvalue weighted by Crippen LogP contribution is -2.49. The Hall–Kier alpha value is -0.120. The third kappa shape index (κ3) is 3.95. The van der Waals surface area contributed by atoms with Gasteiger partial charge in [0.15, 0.2) is 0 Å². The van der Waals surface area contributed by atoms with Crippen molar-refractivity contribution >= 4 is 0 Å². The quantitative estimate of drug-likeness (QED) is 0.720. The molecule has 1 aliphatic rings. The smallest absolute Gasteiger partial charge is 0.107 e. The predicted octanol–water partition coefficient (Wildman–Crippen LogP) is 0.988. The number of nitrogens with zero attached hydrogens (tertiary/aromatic N) is 2. The summed E-state index contributed by atoms with van der Waals surface area (Å²) in [5.74, 6) is 0. The Morgan fingerprint density at radius 2 is 1.64 bits per heavy atom. The van der Waals surface area contributed by atoms with E-state index in [1.54, 1.807) is 0 Å². The minimum Gasteiger partial charge on any atom is -0.378 e. The number of hydrogen-bond acceptors (Lipinski definition) is 3. The fourth-order valence-corrected chi connectivity index (χ4v) is 1.80. The summed E-state index contributed by atoms with van der Waals surface area (Å²) in [7, 11) is 2.13. The minimum atomic E-state index is -0.260. The molecule has 0 amide bonds. The Morgan fingerprint density at radius 3 is 2.07 bits per heavy atom. The molecule has 0 bridgehead atoms. The number of rotatable bonds is 2. The summed E-state index contributed by atoms with van der Waals surface area (Å²) in [4.78, 5) is 4.49. The van der Waals surface area contributed by atoms with Crippen molar-refractivity contribution in [2.24, 2.45) is 5.41 Å². The SMILES string of the molecule is CN1CCN(C(O)CC(C)(C)C)CC1. The molecule has 14 heavy (non-hydrogen) atoms. The van der Waals surface area contributed by atoms with Crippen LogP contribution in [0.5, 0.6) is 0 Å². The zero-order valence-corrected chi connectivity index (χ0v) is 9.95. The molecule has 0 spiro atoms. The van der Waals surface area contributed by atoms with E-state index in [9.17, 15) is 5.11 Å². The van der Waals surface area contributed by atoms with E-state index in [1.165, 1.54) is 0 Å². The Balaban J connectivity index is 2.34. The van der Waals surface area contributed by atoms with Gasteiger partial charge in [-0.2, -0.15) is 0 Å². The molecule has 84 valence electrons. The van der Waals surface area contributed by atoms with E-state index in [2.05, 4.69) is 37.6 Å². The van der Waals surface area contributed by atoms with Gasteiger partial charge in [0, 0.05) is 26.2 Å². The van der Waals surface area contributed by atoms with Crippen molar-refractivity contribution in [3.63, 3.8) is 0 Å². The van der Waals surface area contributed by atoms with Crippen LogP contribution in [0.4, 0.5) is 0 Å². The third-order valence-electron chi connectivity index (χ3n) is 2.75. The fourth-order valence-electron chi connectivity index (χ4n) is 1.80. The Labute approximate surface area is 87.7 Å². The van der Waals surface area contributed by atoms with Crippen molar-refractivity contribution in [2.45, 2.75) is 33.4 Å². The van der Waals surface area contributed by atoms with E-state index in [1.807, 2.05) is 0 Å². The number of likely N-dealkylation sites (N-methyl/N-ethyl adjacent to an activating group) is 1. The average Bonchev–Trinajstić information content (AvgIpc) is 2.02. The molecule has 0 aromatic heterocycles. The monoisotopic (exact) mass is 200 g/mol. The first kappa shape index (κ1) is 12.0. The summed E-state index contributed by atoms with van der Waals surface area (Å²) in [5, 5.41) is 10.0. The first-order chi connectivity index (χ1) is 6.38. The second-order valence-corrected chi connectivity index (χ2v) is 5.58. The van der Waals surface area contributed by atoms with E-state index < -0.39 is 0 Å². The van der Waals surface area contributed by atoms with Crippen LogP contribution in [-0.2, 0) is 0 Å². The van der Waals surface area contributed by atoms with Gasteiger partial charge < -0.3 is 10.0 Å². The molecule has 0 aliphatic carbocycles. The molecule has 1 heterocycles. The van der Waals surface area contributed by atoms with Gasteiger partial charge in [-0.25, -0.2) is 0 Å². The van der Waals surface area contributed by atoms with E-state index in [4.69, 9.17) is 0 Å². The Bertz CT molecular complexity index is 169. The van der Waals surface area contributed by atoms with Crippen LogP contribution in [0.3, 0.4) is 0 Å². The van der Waals surface area contributed by atoms with Crippen LogP contribution in [0.1, 0.15) is 27.2 Å². The highest BCUT2D eigenvalue weighted by Crippen LogP contribution is 2.22. The molecule has 1 fully saturated rings. The molecule has 1 unspecified atom stereocenters. The molecule has 3 heteroatoms. The molecule has 0 saturated carbocycles. The second kappa shape index (κ2) is 4.60. The number of aliphatic hydroxyl groups is 1. The van der Waals surface area contributed by atoms with Gasteiger partial charge >= 0.3 is 0 Å². The third-order valence-corrected chi connectivity index (χ3v) is 2.75. The average molecular weight is 200 g/mol. The molecule has 0 aromatic carbocycles. The Morgan fingerprint density at radius 1 is 1.14 bits per heavy atom. The molecule has 3 nitrogen and oxygen atoms in total. The van der Waals surface area contributed by atoms with E-state index in [0.717, 1.165) is 32.6 Å². The minimum absolute atomic E-state index is 0.211. The Kier molecular flexibility index (Phi) is 3.93. The van der Waals surface area contributed by atoms with Crippen molar-refractivity contribution < 1.29 is 5.11 Å².